The molecule has 0 atom stereocenters. The highest BCUT2D eigenvalue weighted by Gasteiger charge is 2.13. The number of rotatable bonds is 12. The van der Waals surface area contributed by atoms with Gasteiger partial charge in [-0.25, -0.2) is 4.98 Å². The molecular weight excluding hydrogens is 486 g/mol. The van der Waals surface area contributed by atoms with Gasteiger partial charge in [0.05, 0.1) is 36.2 Å². The largest absolute Gasteiger partial charge is 0.375 e. The number of nitrogens with one attached hydrogen (secondary N) is 2. The summed E-state index contributed by atoms with van der Waals surface area (Å²) in [6, 6.07) is 9.40. The van der Waals surface area contributed by atoms with Gasteiger partial charge in [-0.1, -0.05) is 35.9 Å². The second kappa shape index (κ2) is 11.8. The highest BCUT2D eigenvalue weighted by molar-refractivity contribution is 9.10. The summed E-state index contributed by atoms with van der Waals surface area (Å²) in [5.41, 5.74) is 2.21. The monoisotopic (exact) mass is 507 g/mol. The van der Waals surface area contributed by atoms with Gasteiger partial charge in [0.25, 0.3) is 0 Å². The molecule has 0 saturated heterocycles. The van der Waals surface area contributed by atoms with Gasteiger partial charge in [-0.15, -0.1) is 6.58 Å². The highest BCUT2D eigenvalue weighted by atomic mass is 79.9. The number of nitrogens with zero attached hydrogens (tertiary/aromatic N) is 3. The van der Waals surface area contributed by atoms with Crippen LogP contribution in [-0.4, -0.2) is 60.0 Å². The molecule has 2 heterocycles. The zero-order valence-electron chi connectivity index (χ0n) is 16.8. The number of hydrogen-bond donors (Lipinski definition) is 2. The van der Waals surface area contributed by atoms with E-state index in [1.165, 1.54) is 0 Å². The van der Waals surface area contributed by atoms with Crippen molar-refractivity contribution in [2.45, 2.75) is 0 Å². The van der Waals surface area contributed by atoms with Gasteiger partial charge in [0.15, 0.2) is 5.65 Å². The number of carbonyl (C=O) groups excluding carboxylic acids is 1. The van der Waals surface area contributed by atoms with Gasteiger partial charge in [-0.05, 0) is 22.0 Å². The normalized spacial score (nSPS) is 10.9. The second-order valence-electron chi connectivity index (χ2n) is 6.43. The number of halogens is 2. The zero-order chi connectivity index (χ0) is 22.1. The summed E-state index contributed by atoms with van der Waals surface area (Å²) >= 11 is 9.83. The lowest BCUT2D eigenvalue weighted by molar-refractivity contribution is -0.126. The summed E-state index contributed by atoms with van der Waals surface area (Å²) in [6.45, 7) is 5.70. The van der Waals surface area contributed by atoms with Crippen LogP contribution in [0.2, 0.25) is 5.02 Å². The molecule has 2 aromatic heterocycles. The molecule has 0 aliphatic heterocycles. The lowest BCUT2D eigenvalue weighted by Gasteiger charge is -2.12. The maximum Gasteiger partial charge on any atom is 0.246 e. The minimum Gasteiger partial charge on any atom is -0.375 e. The van der Waals surface area contributed by atoms with Crippen molar-refractivity contribution in [1.29, 1.82) is 0 Å². The van der Waals surface area contributed by atoms with Gasteiger partial charge in [-0.2, -0.15) is 9.61 Å². The molecule has 3 aromatic rings. The Morgan fingerprint density at radius 3 is 2.87 bits per heavy atom. The lowest BCUT2D eigenvalue weighted by atomic mass is 10.1. The number of ether oxygens (including phenoxy) is 2. The van der Waals surface area contributed by atoms with Crippen molar-refractivity contribution < 1.29 is 14.3 Å². The molecule has 10 heteroatoms. The smallest absolute Gasteiger partial charge is 0.246 e. The van der Waals surface area contributed by atoms with Crippen LogP contribution in [0.15, 0.2) is 53.7 Å². The molecule has 1 aromatic carbocycles. The summed E-state index contributed by atoms with van der Waals surface area (Å²) in [5.74, 6) is 0.541. The molecule has 0 saturated carbocycles. The van der Waals surface area contributed by atoms with E-state index in [9.17, 15) is 4.79 Å². The van der Waals surface area contributed by atoms with Crippen LogP contribution in [0.3, 0.4) is 0 Å². The van der Waals surface area contributed by atoms with Crippen molar-refractivity contribution in [2.75, 3.05) is 44.8 Å². The molecule has 8 nitrogen and oxygen atoms in total. The third kappa shape index (κ3) is 6.51. The molecular formula is C21H23BrClN5O3. The predicted octanol–water partition coefficient (Wildman–Crippen LogP) is 3.56. The van der Waals surface area contributed by atoms with Crippen molar-refractivity contribution in [3.05, 3.63) is 58.7 Å². The van der Waals surface area contributed by atoms with E-state index in [0.29, 0.717) is 43.6 Å². The van der Waals surface area contributed by atoms with Crippen molar-refractivity contribution in [2.24, 2.45) is 0 Å². The van der Waals surface area contributed by atoms with Crippen molar-refractivity contribution in [3.63, 3.8) is 0 Å². The molecule has 0 bridgehead atoms. The van der Waals surface area contributed by atoms with E-state index in [2.05, 4.69) is 43.2 Å². The summed E-state index contributed by atoms with van der Waals surface area (Å²) < 4.78 is 12.9. The minimum absolute atomic E-state index is 0.0142. The van der Waals surface area contributed by atoms with Crippen molar-refractivity contribution in [3.8, 4) is 11.3 Å². The Labute approximate surface area is 193 Å². The third-order valence-electron chi connectivity index (χ3n) is 4.17. The third-order valence-corrected chi connectivity index (χ3v) is 5.06. The Bertz CT molecular complexity index is 1040. The van der Waals surface area contributed by atoms with Crippen LogP contribution in [0.4, 0.5) is 5.82 Å². The molecule has 0 spiro atoms. The Balaban J connectivity index is 1.56. The van der Waals surface area contributed by atoms with Crippen LogP contribution in [0.5, 0.6) is 0 Å². The second-order valence-corrected chi connectivity index (χ2v) is 7.69. The summed E-state index contributed by atoms with van der Waals surface area (Å²) in [4.78, 5) is 16.5. The molecule has 0 fully saturated rings. The van der Waals surface area contributed by atoms with Crippen LogP contribution < -0.4 is 10.6 Å². The van der Waals surface area contributed by atoms with E-state index >= 15 is 0 Å². The van der Waals surface area contributed by atoms with E-state index in [0.717, 1.165) is 21.5 Å². The number of anilines is 1. The molecule has 0 aliphatic rings. The molecule has 0 radical (unpaired) electrons. The van der Waals surface area contributed by atoms with Gasteiger partial charge in [0.2, 0.25) is 5.91 Å². The molecule has 0 unspecified atom stereocenters. The molecule has 164 valence electrons. The van der Waals surface area contributed by atoms with Crippen LogP contribution in [0.25, 0.3) is 16.9 Å². The first-order chi connectivity index (χ1) is 15.1. The fourth-order valence-electron chi connectivity index (χ4n) is 2.76. The minimum atomic E-state index is -0.191. The van der Waals surface area contributed by atoms with E-state index < -0.39 is 0 Å². The average Bonchev–Trinajstić information content (AvgIpc) is 3.15. The molecule has 0 aliphatic carbocycles. The maximum atomic E-state index is 11.9. The number of carbonyl (C=O) groups is 1. The van der Waals surface area contributed by atoms with Crippen molar-refractivity contribution >= 4 is 44.9 Å². The van der Waals surface area contributed by atoms with Crippen LogP contribution in [0, 0.1) is 0 Å². The number of amides is 1. The van der Waals surface area contributed by atoms with Crippen LogP contribution >= 0.6 is 27.5 Å². The van der Waals surface area contributed by atoms with Gasteiger partial charge in [-0.3, -0.25) is 4.79 Å². The number of fused-ring (bicyclic) bond motifs is 1. The Kier molecular flexibility index (Phi) is 8.84. The van der Waals surface area contributed by atoms with Crippen LogP contribution in [0.1, 0.15) is 0 Å². The molecule has 2 N–H and O–H groups in total. The maximum absolute atomic E-state index is 11.9. The van der Waals surface area contributed by atoms with E-state index in [1.54, 1.807) is 16.8 Å². The van der Waals surface area contributed by atoms with Gasteiger partial charge < -0.3 is 20.1 Å². The van der Waals surface area contributed by atoms with Crippen molar-refractivity contribution in [1.82, 2.24) is 19.9 Å². The molecule has 31 heavy (non-hydrogen) atoms. The van der Waals surface area contributed by atoms with E-state index in [4.69, 9.17) is 21.1 Å². The fourth-order valence-corrected chi connectivity index (χ4v) is 3.34. The topological polar surface area (TPSA) is 89.8 Å². The number of hydrogen-bond acceptors (Lipinski definition) is 6. The highest BCUT2D eigenvalue weighted by Crippen LogP contribution is 2.30. The average molecular weight is 509 g/mol. The van der Waals surface area contributed by atoms with Crippen LogP contribution in [-0.2, 0) is 14.3 Å². The van der Waals surface area contributed by atoms with E-state index in [1.807, 2.05) is 30.3 Å². The predicted molar refractivity (Wildman–Crippen MR) is 124 cm³/mol. The lowest BCUT2D eigenvalue weighted by Crippen LogP contribution is -2.32. The summed E-state index contributed by atoms with van der Waals surface area (Å²) in [6.07, 6.45) is 3.34. The first kappa shape index (κ1) is 23.2. The number of aromatic nitrogens is 3. The summed E-state index contributed by atoms with van der Waals surface area (Å²) in [5, 5.41) is 11.1. The van der Waals surface area contributed by atoms with Gasteiger partial charge in [0, 0.05) is 29.7 Å². The first-order valence-corrected chi connectivity index (χ1v) is 10.8. The van der Waals surface area contributed by atoms with Gasteiger partial charge in [0.1, 0.15) is 12.4 Å². The summed E-state index contributed by atoms with van der Waals surface area (Å²) in [7, 11) is 0. The molecule has 1 amide bonds. The number of benzene rings is 1. The molecule has 3 rings (SSSR count). The Hall–Kier alpha value is -2.46. The van der Waals surface area contributed by atoms with Gasteiger partial charge >= 0.3 is 0 Å². The standard InChI is InChI=1S/C21H23BrClN5O3/c1-2-9-30-10-11-31-14-20(29)25-8-7-24-19-12-18(15-5-3-4-6-17(15)23)27-21-16(22)13-26-28(19)21/h2-6,12-13,24H,1,7-11,14H2,(H,25,29). The van der Waals surface area contributed by atoms with E-state index in [-0.39, 0.29) is 12.5 Å². The SMILES string of the molecule is C=CCOCCOCC(=O)NCCNc1cc(-c2ccccc2Cl)nc2c(Br)cnn12. The quantitative estimate of drug-likeness (QED) is 0.287. The zero-order valence-corrected chi connectivity index (χ0v) is 19.2. The Morgan fingerprint density at radius 2 is 2.06 bits per heavy atom. The fraction of sp³-hybridized carbons (Fsp3) is 0.286. The Morgan fingerprint density at radius 1 is 1.26 bits per heavy atom. The first-order valence-electron chi connectivity index (χ1n) is 9.66.